The molecule has 0 bridgehead atoms. The number of aryl methyl sites for hydroxylation is 1. The zero-order valence-electron chi connectivity index (χ0n) is 15.3. The summed E-state index contributed by atoms with van der Waals surface area (Å²) in [5.41, 5.74) is 2.31. The Morgan fingerprint density at radius 2 is 1.82 bits per heavy atom. The van der Waals surface area contributed by atoms with E-state index in [1.54, 1.807) is 35.6 Å². The Morgan fingerprint density at radius 3 is 2.54 bits per heavy atom. The van der Waals surface area contributed by atoms with Crippen molar-refractivity contribution in [1.82, 2.24) is 9.97 Å². The number of aromatic carboxylic acids is 1. The number of nitrogens with one attached hydrogen (secondary N) is 1. The smallest absolute Gasteiger partial charge is 0.335 e. The molecule has 0 saturated heterocycles. The van der Waals surface area contributed by atoms with E-state index < -0.39 is 5.97 Å². The van der Waals surface area contributed by atoms with Gasteiger partial charge < -0.3 is 10.4 Å². The molecule has 2 heterocycles. The molecule has 6 heteroatoms. The van der Waals surface area contributed by atoms with Crippen LogP contribution in [0.5, 0.6) is 0 Å². The SMILES string of the molecule is Cc1cc2c(NCCc3ccccc3)nc(-c3ccc(C(=O)O)cc3)nc2s1. The van der Waals surface area contributed by atoms with Gasteiger partial charge in [0.05, 0.1) is 10.9 Å². The highest BCUT2D eigenvalue weighted by Crippen LogP contribution is 2.31. The number of fused-ring (bicyclic) bond motifs is 1. The van der Waals surface area contributed by atoms with Crippen LogP contribution in [0.4, 0.5) is 5.82 Å². The molecule has 2 aromatic carbocycles. The average molecular weight is 389 g/mol. The van der Waals surface area contributed by atoms with Crippen molar-refractivity contribution in [1.29, 1.82) is 0 Å². The van der Waals surface area contributed by atoms with Crippen LogP contribution >= 0.6 is 11.3 Å². The first-order chi connectivity index (χ1) is 13.6. The molecule has 140 valence electrons. The summed E-state index contributed by atoms with van der Waals surface area (Å²) in [7, 11) is 0. The summed E-state index contributed by atoms with van der Waals surface area (Å²) in [4.78, 5) is 22.6. The zero-order chi connectivity index (χ0) is 19.5. The van der Waals surface area contributed by atoms with Crippen LogP contribution in [0.15, 0.2) is 60.7 Å². The third-order valence-corrected chi connectivity index (χ3v) is 5.40. The lowest BCUT2D eigenvalue weighted by Gasteiger charge is -2.09. The minimum atomic E-state index is -0.944. The van der Waals surface area contributed by atoms with Crippen molar-refractivity contribution in [3.05, 3.63) is 76.7 Å². The van der Waals surface area contributed by atoms with E-state index in [2.05, 4.69) is 35.4 Å². The first-order valence-electron chi connectivity index (χ1n) is 9.00. The molecule has 2 aromatic heterocycles. The van der Waals surface area contributed by atoms with Gasteiger partial charge in [0.25, 0.3) is 0 Å². The van der Waals surface area contributed by atoms with Gasteiger partial charge in [-0.2, -0.15) is 0 Å². The first kappa shape index (κ1) is 18.1. The summed E-state index contributed by atoms with van der Waals surface area (Å²) < 4.78 is 0. The van der Waals surface area contributed by atoms with E-state index in [0.717, 1.165) is 34.6 Å². The van der Waals surface area contributed by atoms with Crippen LogP contribution < -0.4 is 5.32 Å². The normalized spacial score (nSPS) is 10.9. The van der Waals surface area contributed by atoms with Gasteiger partial charge >= 0.3 is 5.97 Å². The Hall–Kier alpha value is -3.25. The number of hydrogen-bond acceptors (Lipinski definition) is 5. The second-order valence-electron chi connectivity index (χ2n) is 6.52. The van der Waals surface area contributed by atoms with Crippen molar-refractivity contribution in [3.8, 4) is 11.4 Å². The number of aromatic nitrogens is 2. The minimum Gasteiger partial charge on any atom is -0.478 e. The van der Waals surface area contributed by atoms with Crippen molar-refractivity contribution in [3.63, 3.8) is 0 Å². The molecular formula is C22H19N3O2S. The van der Waals surface area contributed by atoms with Gasteiger partial charge in [0.2, 0.25) is 0 Å². The van der Waals surface area contributed by atoms with Crippen molar-refractivity contribution >= 4 is 33.3 Å². The van der Waals surface area contributed by atoms with E-state index >= 15 is 0 Å². The summed E-state index contributed by atoms with van der Waals surface area (Å²) in [6.45, 7) is 2.82. The highest BCUT2D eigenvalue weighted by atomic mass is 32.1. The fourth-order valence-electron chi connectivity index (χ4n) is 3.04. The fraction of sp³-hybridized carbons (Fsp3) is 0.136. The second kappa shape index (κ2) is 7.78. The predicted octanol–water partition coefficient (Wildman–Crippen LogP) is 5.02. The Balaban J connectivity index is 1.64. The molecule has 0 spiro atoms. The molecule has 4 aromatic rings. The van der Waals surface area contributed by atoms with Crippen LogP contribution in [0.2, 0.25) is 0 Å². The predicted molar refractivity (Wildman–Crippen MR) is 113 cm³/mol. The Labute approximate surface area is 166 Å². The van der Waals surface area contributed by atoms with Gasteiger partial charge in [-0.3, -0.25) is 0 Å². The third kappa shape index (κ3) is 3.87. The van der Waals surface area contributed by atoms with Crippen molar-refractivity contribution in [2.75, 3.05) is 11.9 Å². The van der Waals surface area contributed by atoms with Crippen molar-refractivity contribution < 1.29 is 9.90 Å². The molecule has 28 heavy (non-hydrogen) atoms. The molecule has 2 N–H and O–H groups in total. The van der Waals surface area contributed by atoms with Crippen molar-refractivity contribution in [2.24, 2.45) is 0 Å². The largest absolute Gasteiger partial charge is 0.478 e. The highest BCUT2D eigenvalue weighted by molar-refractivity contribution is 7.18. The van der Waals surface area contributed by atoms with Gasteiger partial charge in [-0.05, 0) is 37.1 Å². The lowest BCUT2D eigenvalue weighted by Crippen LogP contribution is -2.07. The lowest BCUT2D eigenvalue weighted by molar-refractivity contribution is 0.0697. The topological polar surface area (TPSA) is 75.1 Å². The number of thiophene rings is 1. The van der Waals surface area contributed by atoms with E-state index in [1.807, 2.05) is 18.2 Å². The van der Waals surface area contributed by atoms with Gasteiger partial charge in [-0.1, -0.05) is 42.5 Å². The number of carbonyl (C=O) groups is 1. The quantitative estimate of drug-likeness (QED) is 0.484. The summed E-state index contributed by atoms with van der Waals surface area (Å²) in [5.74, 6) is 0.455. The summed E-state index contributed by atoms with van der Waals surface area (Å²) in [6, 6.07) is 19.1. The van der Waals surface area contributed by atoms with Gasteiger partial charge in [0, 0.05) is 17.0 Å². The summed E-state index contributed by atoms with van der Waals surface area (Å²) >= 11 is 1.63. The standard InChI is InChI=1S/C22H19N3O2S/c1-14-13-18-20(23-12-11-15-5-3-2-4-6-15)24-19(25-21(18)28-14)16-7-9-17(10-8-16)22(26)27/h2-10,13H,11-12H2,1H3,(H,26,27)(H,23,24,25). The van der Waals surface area contributed by atoms with Crippen LogP contribution in [-0.2, 0) is 6.42 Å². The van der Waals surface area contributed by atoms with Crippen LogP contribution in [0.1, 0.15) is 20.8 Å². The lowest BCUT2D eigenvalue weighted by atomic mass is 10.1. The Morgan fingerprint density at radius 1 is 1.07 bits per heavy atom. The van der Waals surface area contributed by atoms with Crippen LogP contribution in [-0.4, -0.2) is 27.6 Å². The van der Waals surface area contributed by atoms with Crippen LogP contribution in [0, 0.1) is 6.92 Å². The maximum Gasteiger partial charge on any atom is 0.335 e. The highest BCUT2D eigenvalue weighted by Gasteiger charge is 2.12. The van der Waals surface area contributed by atoms with Crippen molar-refractivity contribution in [2.45, 2.75) is 13.3 Å². The molecular weight excluding hydrogens is 370 g/mol. The molecule has 0 aliphatic heterocycles. The number of rotatable bonds is 6. The fourth-order valence-corrected chi connectivity index (χ4v) is 3.92. The second-order valence-corrected chi connectivity index (χ2v) is 7.75. The van der Waals surface area contributed by atoms with E-state index in [9.17, 15) is 4.79 Å². The van der Waals surface area contributed by atoms with Gasteiger partial charge in [0.15, 0.2) is 5.82 Å². The number of hydrogen-bond donors (Lipinski definition) is 2. The third-order valence-electron chi connectivity index (χ3n) is 4.45. The van der Waals surface area contributed by atoms with E-state index in [-0.39, 0.29) is 5.56 Å². The van der Waals surface area contributed by atoms with Crippen LogP contribution in [0.3, 0.4) is 0 Å². The summed E-state index contributed by atoms with van der Waals surface area (Å²) in [6.07, 6.45) is 0.901. The zero-order valence-corrected chi connectivity index (χ0v) is 16.2. The first-order valence-corrected chi connectivity index (χ1v) is 9.81. The Kier molecular flexibility index (Phi) is 5.04. The van der Waals surface area contributed by atoms with Gasteiger partial charge in [-0.15, -0.1) is 11.3 Å². The average Bonchev–Trinajstić information content (AvgIpc) is 3.09. The monoisotopic (exact) mass is 389 g/mol. The molecule has 0 saturated carbocycles. The molecule has 0 atom stereocenters. The number of anilines is 1. The molecule has 0 aliphatic carbocycles. The molecule has 0 aliphatic rings. The number of benzene rings is 2. The molecule has 0 fully saturated rings. The minimum absolute atomic E-state index is 0.248. The molecule has 0 amide bonds. The van der Waals surface area contributed by atoms with E-state index in [0.29, 0.717) is 5.82 Å². The molecule has 0 radical (unpaired) electrons. The van der Waals surface area contributed by atoms with Crippen LogP contribution in [0.25, 0.3) is 21.6 Å². The Bertz CT molecular complexity index is 1120. The maximum atomic E-state index is 11.1. The van der Waals surface area contributed by atoms with E-state index in [1.165, 1.54) is 10.4 Å². The van der Waals surface area contributed by atoms with Gasteiger partial charge in [0.1, 0.15) is 10.6 Å². The number of carboxylic acid groups (broad SMARTS) is 1. The number of carboxylic acids is 1. The maximum absolute atomic E-state index is 11.1. The molecule has 4 rings (SSSR count). The van der Waals surface area contributed by atoms with Gasteiger partial charge in [-0.25, -0.2) is 14.8 Å². The molecule has 0 unspecified atom stereocenters. The summed E-state index contributed by atoms with van der Waals surface area (Å²) in [5, 5.41) is 13.6. The molecule has 5 nitrogen and oxygen atoms in total. The van der Waals surface area contributed by atoms with E-state index in [4.69, 9.17) is 10.1 Å². The number of nitrogens with zero attached hydrogens (tertiary/aromatic N) is 2.